The molecule has 2 N–H and O–H groups in total. The number of aliphatic carboxylic acids is 1. The first-order chi connectivity index (χ1) is 11.0. The Hall–Kier alpha value is -2.08. The zero-order chi connectivity index (χ0) is 16.8. The number of carbonyl (C=O) groups excluding carboxylic acids is 1. The van der Waals surface area contributed by atoms with Crippen molar-refractivity contribution in [2.45, 2.75) is 19.9 Å². The Morgan fingerprint density at radius 3 is 2.52 bits per heavy atom. The van der Waals surface area contributed by atoms with E-state index in [0.29, 0.717) is 26.2 Å². The van der Waals surface area contributed by atoms with Crippen LogP contribution in [-0.2, 0) is 9.59 Å². The minimum Gasteiger partial charge on any atom is -0.492 e. The second-order valence-electron chi connectivity index (χ2n) is 6.05. The van der Waals surface area contributed by atoms with Gasteiger partial charge in [0.15, 0.2) is 0 Å². The molecule has 1 aliphatic rings. The van der Waals surface area contributed by atoms with Crippen LogP contribution in [0.2, 0.25) is 0 Å². The number of carboxylic acid groups (broad SMARTS) is 1. The van der Waals surface area contributed by atoms with Gasteiger partial charge in [-0.25, -0.2) is 0 Å². The molecule has 0 aromatic heterocycles. The summed E-state index contributed by atoms with van der Waals surface area (Å²) in [6.45, 7) is 5.64. The van der Waals surface area contributed by atoms with Crippen molar-refractivity contribution in [2.75, 3.05) is 26.2 Å². The maximum absolute atomic E-state index is 12.3. The van der Waals surface area contributed by atoms with Gasteiger partial charge < -0.3 is 15.2 Å². The molecule has 1 aromatic rings. The number of nitrogens with zero attached hydrogens (tertiary/aromatic N) is 1. The highest BCUT2D eigenvalue weighted by molar-refractivity contribution is 5.85. The second-order valence-corrected chi connectivity index (χ2v) is 6.05. The lowest BCUT2D eigenvalue weighted by Gasteiger charge is -2.19. The van der Waals surface area contributed by atoms with Gasteiger partial charge in [-0.1, -0.05) is 18.2 Å². The molecule has 126 valence electrons. The molecule has 1 fully saturated rings. The van der Waals surface area contributed by atoms with Crippen LogP contribution in [0.5, 0.6) is 5.75 Å². The first kappa shape index (κ1) is 17.3. The van der Waals surface area contributed by atoms with E-state index >= 15 is 0 Å². The van der Waals surface area contributed by atoms with Gasteiger partial charge in [-0.2, -0.15) is 0 Å². The van der Waals surface area contributed by atoms with Crippen LogP contribution >= 0.6 is 0 Å². The maximum Gasteiger partial charge on any atom is 0.308 e. The number of hydrogen-bond acceptors (Lipinski definition) is 4. The zero-order valence-corrected chi connectivity index (χ0v) is 13.6. The molecule has 1 aliphatic heterocycles. The van der Waals surface area contributed by atoms with Crippen LogP contribution in [0.25, 0.3) is 0 Å². The van der Waals surface area contributed by atoms with Gasteiger partial charge in [-0.05, 0) is 26.0 Å². The van der Waals surface area contributed by atoms with Crippen LogP contribution in [0.1, 0.15) is 13.8 Å². The number of benzene rings is 1. The number of hydrogen-bond donors (Lipinski definition) is 2. The molecule has 1 heterocycles. The largest absolute Gasteiger partial charge is 0.492 e. The molecule has 0 aliphatic carbocycles. The molecule has 0 unspecified atom stereocenters. The molecule has 6 heteroatoms. The molecule has 0 saturated carbocycles. The third-order valence-corrected chi connectivity index (χ3v) is 4.15. The van der Waals surface area contributed by atoms with Crippen molar-refractivity contribution >= 4 is 11.9 Å². The highest BCUT2D eigenvalue weighted by atomic mass is 16.5. The fourth-order valence-electron chi connectivity index (χ4n) is 2.76. The van der Waals surface area contributed by atoms with Gasteiger partial charge in [0, 0.05) is 19.1 Å². The van der Waals surface area contributed by atoms with Crippen molar-refractivity contribution in [3.63, 3.8) is 0 Å². The fourth-order valence-corrected chi connectivity index (χ4v) is 2.76. The number of rotatable bonds is 7. The number of amides is 1. The molecule has 2 rings (SSSR count). The van der Waals surface area contributed by atoms with Crippen molar-refractivity contribution in [1.29, 1.82) is 0 Å². The van der Waals surface area contributed by atoms with E-state index in [9.17, 15) is 14.7 Å². The summed E-state index contributed by atoms with van der Waals surface area (Å²) in [6, 6.07) is 9.59. The molecule has 0 bridgehead atoms. The van der Waals surface area contributed by atoms with Crippen LogP contribution in [0.3, 0.4) is 0 Å². The summed E-state index contributed by atoms with van der Waals surface area (Å²) in [4.78, 5) is 25.7. The predicted molar refractivity (Wildman–Crippen MR) is 86.3 cm³/mol. The third kappa shape index (κ3) is 4.69. The summed E-state index contributed by atoms with van der Waals surface area (Å²) in [5.41, 5.74) is 0. The molecular weight excluding hydrogens is 296 g/mol. The Labute approximate surface area is 136 Å². The van der Waals surface area contributed by atoms with E-state index < -0.39 is 17.8 Å². The summed E-state index contributed by atoms with van der Waals surface area (Å²) in [6.07, 6.45) is 0. The van der Waals surface area contributed by atoms with Gasteiger partial charge in [0.25, 0.3) is 0 Å². The van der Waals surface area contributed by atoms with E-state index in [2.05, 4.69) is 5.32 Å². The Balaban J connectivity index is 1.80. The average molecular weight is 320 g/mol. The molecule has 6 nitrogen and oxygen atoms in total. The summed E-state index contributed by atoms with van der Waals surface area (Å²) >= 11 is 0. The van der Waals surface area contributed by atoms with Crippen LogP contribution in [0.4, 0.5) is 0 Å². The Kier molecular flexibility index (Phi) is 5.98. The summed E-state index contributed by atoms with van der Waals surface area (Å²) < 4.78 is 5.51. The predicted octanol–water partition coefficient (Wildman–Crippen LogP) is 1.22. The lowest BCUT2D eigenvalue weighted by atomic mass is 9.95. The number of ether oxygens (including phenoxy) is 1. The van der Waals surface area contributed by atoms with Crippen molar-refractivity contribution in [1.82, 2.24) is 10.2 Å². The highest BCUT2D eigenvalue weighted by Gasteiger charge is 2.42. The summed E-state index contributed by atoms with van der Waals surface area (Å²) in [7, 11) is 0. The standard InChI is InChI=1S/C17H24N2O4/c1-12(2)19-10-14(15(11-19)17(21)22)16(20)18-8-9-23-13-6-4-3-5-7-13/h3-7,12,14-15H,8-11H2,1-2H3,(H,18,20)(H,21,22)/t14-,15+/m0/s1. The normalized spacial score (nSPS) is 21.3. The molecular formula is C17H24N2O4. The van der Waals surface area contributed by atoms with Gasteiger partial charge in [0.1, 0.15) is 12.4 Å². The second kappa shape index (κ2) is 7.97. The van der Waals surface area contributed by atoms with Crippen molar-refractivity contribution < 1.29 is 19.4 Å². The monoisotopic (exact) mass is 320 g/mol. The lowest BCUT2D eigenvalue weighted by molar-refractivity contribution is -0.145. The molecule has 0 radical (unpaired) electrons. The van der Waals surface area contributed by atoms with Gasteiger partial charge >= 0.3 is 5.97 Å². The number of para-hydroxylation sites is 1. The first-order valence-corrected chi connectivity index (χ1v) is 7.91. The van der Waals surface area contributed by atoms with Crippen LogP contribution < -0.4 is 10.1 Å². The molecule has 2 atom stereocenters. The first-order valence-electron chi connectivity index (χ1n) is 7.91. The number of carbonyl (C=O) groups is 2. The van der Waals surface area contributed by atoms with Gasteiger partial charge in [-0.3, -0.25) is 14.5 Å². The summed E-state index contributed by atoms with van der Waals surface area (Å²) in [5, 5.41) is 12.1. The third-order valence-electron chi connectivity index (χ3n) is 4.15. The van der Waals surface area contributed by atoms with E-state index in [-0.39, 0.29) is 11.9 Å². The summed E-state index contributed by atoms with van der Waals surface area (Å²) in [5.74, 6) is -1.53. The van der Waals surface area contributed by atoms with Crippen molar-refractivity contribution in [3.05, 3.63) is 30.3 Å². The number of nitrogens with one attached hydrogen (secondary N) is 1. The molecule has 1 saturated heterocycles. The van der Waals surface area contributed by atoms with Crippen molar-refractivity contribution in [2.24, 2.45) is 11.8 Å². The van der Waals surface area contributed by atoms with E-state index in [0.717, 1.165) is 5.75 Å². The van der Waals surface area contributed by atoms with E-state index in [4.69, 9.17) is 4.74 Å². The number of carboxylic acids is 1. The molecule has 23 heavy (non-hydrogen) atoms. The minimum atomic E-state index is -0.908. The van der Waals surface area contributed by atoms with Crippen LogP contribution in [0, 0.1) is 11.8 Å². The SMILES string of the molecule is CC(C)N1C[C@H](C(=O)NCCOc2ccccc2)[C@H](C(=O)O)C1. The Morgan fingerprint density at radius 2 is 1.91 bits per heavy atom. The zero-order valence-electron chi connectivity index (χ0n) is 13.6. The quantitative estimate of drug-likeness (QED) is 0.739. The molecule has 0 spiro atoms. The van der Waals surface area contributed by atoms with Crippen molar-refractivity contribution in [3.8, 4) is 5.75 Å². The van der Waals surface area contributed by atoms with Gasteiger partial charge in [0.2, 0.25) is 5.91 Å². The average Bonchev–Trinajstić information content (AvgIpc) is 2.98. The van der Waals surface area contributed by atoms with E-state index in [1.807, 2.05) is 49.1 Å². The molecule has 1 amide bonds. The van der Waals surface area contributed by atoms with Crippen LogP contribution in [-0.4, -0.2) is 54.2 Å². The molecule has 1 aromatic carbocycles. The lowest BCUT2D eigenvalue weighted by Crippen LogP contribution is -2.39. The topological polar surface area (TPSA) is 78.9 Å². The Bertz CT molecular complexity index is 533. The fraction of sp³-hybridized carbons (Fsp3) is 0.529. The van der Waals surface area contributed by atoms with Gasteiger partial charge in [0.05, 0.1) is 18.4 Å². The number of likely N-dealkylation sites (tertiary alicyclic amines) is 1. The van der Waals surface area contributed by atoms with Gasteiger partial charge in [-0.15, -0.1) is 0 Å². The smallest absolute Gasteiger partial charge is 0.308 e. The van der Waals surface area contributed by atoms with Crippen LogP contribution in [0.15, 0.2) is 30.3 Å². The maximum atomic E-state index is 12.3. The minimum absolute atomic E-state index is 0.211. The van der Waals surface area contributed by atoms with E-state index in [1.54, 1.807) is 0 Å². The Morgan fingerprint density at radius 1 is 1.26 bits per heavy atom. The highest BCUT2D eigenvalue weighted by Crippen LogP contribution is 2.25. The van der Waals surface area contributed by atoms with E-state index in [1.165, 1.54) is 0 Å².